The summed E-state index contributed by atoms with van der Waals surface area (Å²) in [7, 11) is 0. The van der Waals surface area contributed by atoms with E-state index in [1.165, 1.54) is 16.7 Å². The first kappa shape index (κ1) is 11.8. The van der Waals surface area contributed by atoms with Crippen molar-refractivity contribution in [2.45, 2.75) is 13.8 Å². The first-order valence-corrected chi connectivity index (χ1v) is 6.46. The van der Waals surface area contributed by atoms with E-state index in [-0.39, 0.29) is 0 Å². The van der Waals surface area contributed by atoms with E-state index in [1.807, 2.05) is 24.3 Å². The van der Waals surface area contributed by atoms with E-state index in [9.17, 15) is 0 Å². The van der Waals surface area contributed by atoms with E-state index < -0.39 is 0 Å². The molecule has 1 nitrogen and oxygen atoms in total. The minimum absolute atomic E-state index is 0.890. The molecule has 94 valence electrons. The van der Waals surface area contributed by atoms with Gasteiger partial charge in [-0.2, -0.15) is 0 Å². The van der Waals surface area contributed by atoms with Crippen LogP contribution in [0.3, 0.4) is 0 Å². The fourth-order valence-corrected chi connectivity index (χ4v) is 2.27. The van der Waals surface area contributed by atoms with Gasteiger partial charge in [0, 0.05) is 5.39 Å². The molecule has 1 heterocycles. The van der Waals surface area contributed by atoms with E-state index in [4.69, 9.17) is 4.42 Å². The third-order valence-electron chi connectivity index (χ3n) is 3.30. The molecule has 0 atom stereocenters. The van der Waals surface area contributed by atoms with Gasteiger partial charge >= 0.3 is 0 Å². The van der Waals surface area contributed by atoms with Crippen LogP contribution in [-0.4, -0.2) is 0 Å². The van der Waals surface area contributed by atoms with Crippen molar-refractivity contribution in [3.63, 3.8) is 0 Å². The Balaban J connectivity index is 1.93. The molecular formula is C18H16O. The second-order valence-electron chi connectivity index (χ2n) is 4.88. The normalized spacial score (nSPS) is 11.5. The Kier molecular flexibility index (Phi) is 2.96. The molecule has 0 N–H and O–H groups in total. The van der Waals surface area contributed by atoms with Crippen LogP contribution in [0.15, 0.2) is 52.9 Å². The molecular weight excluding hydrogens is 232 g/mol. The van der Waals surface area contributed by atoms with Gasteiger partial charge in [0.2, 0.25) is 0 Å². The zero-order chi connectivity index (χ0) is 13.2. The summed E-state index contributed by atoms with van der Waals surface area (Å²) in [4.78, 5) is 0. The number of fused-ring (bicyclic) bond motifs is 1. The average molecular weight is 248 g/mol. The van der Waals surface area contributed by atoms with Crippen LogP contribution in [0.1, 0.15) is 22.5 Å². The molecule has 0 aliphatic carbocycles. The smallest absolute Gasteiger partial charge is 0.134 e. The Morgan fingerprint density at radius 2 is 1.74 bits per heavy atom. The number of benzene rings is 2. The standard InChI is InChI=1S/C18H16O/c1-13-7-8-15(14(2)11-13)9-10-17-12-16-5-3-4-6-18(16)19-17/h3-12H,1-2H3/b10-9+. The maximum absolute atomic E-state index is 5.77. The predicted octanol–water partition coefficient (Wildman–Crippen LogP) is 5.22. The Hall–Kier alpha value is -2.28. The highest BCUT2D eigenvalue weighted by Gasteiger charge is 2.00. The molecule has 1 heteroatoms. The van der Waals surface area contributed by atoms with Crippen molar-refractivity contribution in [2.75, 3.05) is 0 Å². The highest BCUT2D eigenvalue weighted by molar-refractivity contribution is 5.81. The van der Waals surface area contributed by atoms with Crippen molar-refractivity contribution in [1.29, 1.82) is 0 Å². The van der Waals surface area contributed by atoms with Crippen molar-refractivity contribution >= 4 is 23.1 Å². The molecule has 19 heavy (non-hydrogen) atoms. The lowest BCUT2D eigenvalue weighted by atomic mass is 10.1. The van der Waals surface area contributed by atoms with Crippen molar-refractivity contribution < 1.29 is 4.42 Å². The summed E-state index contributed by atoms with van der Waals surface area (Å²) in [6.45, 7) is 4.24. The number of hydrogen-bond acceptors (Lipinski definition) is 1. The molecule has 0 fully saturated rings. The molecule has 0 saturated heterocycles. The summed E-state index contributed by atoms with van der Waals surface area (Å²) in [6.07, 6.45) is 4.13. The molecule has 0 spiro atoms. The maximum Gasteiger partial charge on any atom is 0.134 e. The molecule has 2 aromatic carbocycles. The first-order chi connectivity index (χ1) is 9.22. The molecule has 0 unspecified atom stereocenters. The fraction of sp³-hybridized carbons (Fsp3) is 0.111. The zero-order valence-electron chi connectivity index (χ0n) is 11.2. The van der Waals surface area contributed by atoms with E-state index in [2.05, 4.69) is 50.3 Å². The molecule has 0 aliphatic rings. The van der Waals surface area contributed by atoms with E-state index in [0.717, 1.165) is 16.7 Å². The van der Waals surface area contributed by atoms with Gasteiger partial charge in [0.05, 0.1) is 0 Å². The van der Waals surface area contributed by atoms with Crippen LogP contribution in [0.5, 0.6) is 0 Å². The van der Waals surface area contributed by atoms with Crippen molar-refractivity contribution in [3.05, 3.63) is 71.0 Å². The third kappa shape index (κ3) is 2.45. The van der Waals surface area contributed by atoms with Crippen LogP contribution in [0.4, 0.5) is 0 Å². The fourth-order valence-electron chi connectivity index (χ4n) is 2.27. The summed E-state index contributed by atoms with van der Waals surface area (Å²) < 4.78 is 5.77. The molecule has 0 aliphatic heterocycles. The Morgan fingerprint density at radius 3 is 2.53 bits per heavy atom. The van der Waals surface area contributed by atoms with Gasteiger partial charge in [-0.3, -0.25) is 0 Å². The summed E-state index contributed by atoms with van der Waals surface area (Å²) in [5.74, 6) is 0.890. The van der Waals surface area contributed by atoms with Gasteiger partial charge in [0.1, 0.15) is 11.3 Å². The predicted molar refractivity (Wildman–Crippen MR) is 81.1 cm³/mol. The number of hydrogen-bond donors (Lipinski definition) is 0. The van der Waals surface area contributed by atoms with Gasteiger partial charge in [-0.1, -0.05) is 48.0 Å². The Morgan fingerprint density at radius 1 is 0.895 bits per heavy atom. The van der Waals surface area contributed by atoms with Crippen LogP contribution in [0.25, 0.3) is 23.1 Å². The van der Waals surface area contributed by atoms with Crippen LogP contribution in [0, 0.1) is 13.8 Å². The van der Waals surface area contributed by atoms with Crippen LogP contribution >= 0.6 is 0 Å². The molecule has 3 rings (SSSR count). The largest absolute Gasteiger partial charge is 0.457 e. The number of aryl methyl sites for hydroxylation is 2. The molecule has 0 bridgehead atoms. The molecule has 0 amide bonds. The summed E-state index contributed by atoms with van der Waals surface area (Å²) >= 11 is 0. The topological polar surface area (TPSA) is 13.1 Å². The van der Waals surface area contributed by atoms with Crippen molar-refractivity contribution in [3.8, 4) is 0 Å². The summed E-state index contributed by atoms with van der Waals surface area (Å²) in [6, 6.07) is 16.6. The van der Waals surface area contributed by atoms with Gasteiger partial charge in [-0.25, -0.2) is 0 Å². The van der Waals surface area contributed by atoms with E-state index in [1.54, 1.807) is 0 Å². The van der Waals surface area contributed by atoms with Gasteiger partial charge in [0.15, 0.2) is 0 Å². The van der Waals surface area contributed by atoms with Crippen molar-refractivity contribution in [2.24, 2.45) is 0 Å². The third-order valence-corrected chi connectivity index (χ3v) is 3.30. The van der Waals surface area contributed by atoms with Gasteiger partial charge in [-0.15, -0.1) is 0 Å². The lowest BCUT2D eigenvalue weighted by Crippen LogP contribution is -1.81. The SMILES string of the molecule is Cc1ccc(/C=C/c2cc3ccccc3o2)c(C)c1. The van der Waals surface area contributed by atoms with Crippen LogP contribution < -0.4 is 0 Å². The highest BCUT2D eigenvalue weighted by atomic mass is 16.3. The lowest BCUT2D eigenvalue weighted by molar-refractivity contribution is 0.604. The average Bonchev–Trinajstić information content (AvgIpc) is 2.80. The highest BCUT2D eigenvalue weighted by Crippen LogP contribution is 2.21. The van der Waals surface area contributed by atoms with Crippen LogP contribution in [0.2, 0.25) is 0 Å². The van der Waals surface area contributed by atoms with E-state index in [0.29, 0.717) is 0 Å². The minimum atomic E-state index is 0.890. The molecule has 0 radical (unpaired) electrons. The Labute approximate surface area is 113 Å². The minimum Gasteiger partial charge on any atom is -0.457 e. The molecule has 3 aromatic rings. The van der Waals surface area contributed by atoms with Crippen LogP contribution in [-0.2, 0) is 0 Å². The summed E-state index contributed by atoms with van der Waals surface area (Å²) in [5.41, 5.74) is 4.74. The number of furan rings is 1. The monoisotopic (exact) mass is 248 g/mol. The second kappa shape index (κ2) is 4.77. The van der Waals surface area contributed by atoms with E-state index >= 15 is 0 Å². The summed E-state index contributed by atoms with van der Waals surface area (Å²) in [5, 5.41) is 1.14. The molecule has 1 aromatic heterocycles. The van der Waals surface area contributed by atoms with Gasteiger partial charge < -0.3 is 4.42 Å². The van der Waals surface area contributed by atoms with Crippen molar-refractivity contribution in [1.82, 2.24) is 0 Å². The quantitative estimate of drug-likeness (QED) is 0.606. The first-order valence-electron chi connectivity index (χ1n) is 6.46. The lowest BCUT2D eigenvalue weighted by Gasteiger charge is -2.00. The van der Waals surface area contributed by atoms with Gasteiger partial charge in [-0.05, 0) is 43.2 Å². The number of rotatable bonds is 2. The maximum atomic E-state index is 5.77. The number of para-hydroxylation sites is 1. The second-order valence-corrected chi connectivity index (χ2v) is 4.88. The Bertz CT molecular complexity index is 714. The zero-order valence-corrected chi connectivity index (χ0v) is 11.2. The molecule has 0 saturated carbocycles. The van der Waals surface area contributed by atoms with Gasteiger partial charge in [0.25, 0.3) is 0 Å².